The molecule has 1 amide bonds. The Morgan fingerprint density at radius 2 is 2.00 bits per heavy atom. The molecule has 1 aliphatic rings. The lowest BCUT2D eigenvalue weighted by atomic mass is 9.95. The standard InChI is InChI=1S/C12H23NO6S/c1-12(2,3)19-11(15)13-6-5-9(10(14)7-13)8-18-20(4,16)17/h9-10,14H,5-8H2,1-4H3/t9-,10+/m1/s1. The van der Waals surface area contributed by atoms with Crippen LogP contribution >= 0.6 is 0 Å². The number of hydrogen-bond acceptors (Lipinski definition) is 6. The van der Waals surface area contributed by atoms with Crippen LogP contribution in [0.4, 0.5) is 4.79 Å². The molecule has 1 N–H and O–H groups in total. The molecule has 118 valence electrons. The number of ether oxygens (including phenoxy) is 1. The highest BCUT2D eigenvalue weighted by Crippen LogP contribution is 2.21. The molecule has 1 aliphatic heterocycles. The summed E-state index contributed by atoms with van der Waals surface area (Å²) in [5.41, 5.74) is -0.585. The minimum absolute atomic E-state index is 0.0673. The van der Waals surface area contributed by atoms with Gasteiger partial charge in [0, 0.05) is 12.5 Å². The molecule has 0 spiro atoms. The van der Waals surface area contributed by atoms with Gasteiger partial charge in [-0.05, 0) is 27.2 Å². The molecule has 0 radical (unpaired) electrons. The van der Waals surface area contributed by atoms with Crippen molar-refractivity contribution in [3.63, 3.8) is 0 Å². The Morgan fingerprint density at radius 3 is 2.45 bits per heavy atom. The van der Waals surface area contributed by atoms with Gasteiger partial charge in [0.25, 0.3) is 10.1 Å². The summed E-state index contributed by atoms with van der Waals surface area (Å²) in [5.74, 6) is -0.302. The number of hydrogen-bond donors (Lipinski definition) is 1. The normalized spacial score (nSPS) is 24.6. The maximum absolute atomic E-state index is 11.8. The second-order valence-electron chi connectivity index (χ2n) is 6.03. The van der Waals surface area contributed by atoms with E-state index >= 15 is 0 Å². The molecule has 0 aromatic heterocycles. The first-order valence-electron chi connectivity index (χ1n) is 6.48. The highest BCUT2D eigenvalue weighted by molar-refractivity contribution is 7.85. The van der Waals surface area contributed by atoms with E-state index in [0.717, 1.165) is 6.26 Å². The third-order valence-corrected chi connectivity index (χ3v) is 3.43. The van der Waals surface area contributed by atoms with Crippen LogP contribution in [0.1, 0.15) is 27.2 Å². The molecule has 0 unspecified atom stereocenters. The number of rotatable bonds is 3. The van der Waals surface area contributed by atoms with Gasteiger partial charge >= 0.3 is 6.09 Å². The average Bonchev–Trinajstić information content (AvgIpc) is 2.23. The second-order valence-corrected chi connectivity index (χ2v) is 7.68. The monoisotopic (exact) mass is 309 g/mol. The van der Waals surface area contributed by atoms with Crippen molar-refractivity contribution < 1.29 is 27.2 Å². The first-order chi connectivity index (χ1) is 8.98. The highest BCUT2D eigenvalue weighted by Gasteiger charge is 2.33. The SMILES string of the molecule is CC(C)(C)OC(=O)N1CC[C@H](COS(C)(=O)=O)[C@@H](O)C1. The second kappa shape index (κ2) is 6.28. The number of piperidine rings is 1. The summed E-state index contributed by atoms with van der Waals surface area (Å²) in [6.45, 7) is 5.77. The van der Waals surface area contributed by atoms with Crippen molar-refractivity contribution in [2.45, 2.75) is 38.9 Å². The van der Waals surface area contributed by atoms with Crippen molar-refractivity contribution in [3.8, 4) is 0 Å². The molecule has 1 rings (SSSR count). The number of aliphatic hydroxyl groups is 1. The third kappa shape index (κ3) is 6.06. The van der Waals surface area contributed by atoms with Gasteiger partial charge in [0.05, 0.1) is 25.5 Å². The van der Waals surface area contributed by atoms with Crippen molar-refractivity contribution in [1.29, 1.82) is 0 Å². The number of aliphatic hydroxyl groups excluding tert-OH is 1. The Labute approximate surface area is 120 Å². The molecule has 2 atom stereocenters. The molecule has 1 saturated heterocycles. The van der Waals surface area contributed by atoms with E-state index in [9.17, 15) is 18.3 Å². The van der Waals surface area contributed by atoms with Crippen LogP contribution in [-0.4, -0.2) is 62.2 Å². The van der Waals surface area contributed by atoms with Crippen LogP contribution in [0.3, 0.4) is 0 Å². The Bertz CT molecular complexity index is 441. The van der Waals surface area contributed by atoms with E-state index in [2.05, 4.69) is 0 Å². The van der Waals surface area contributed by atoms with Gasteiger partial charge in [-0.3, -0.25) is 4.18 Å². The summed E-state index contributed by atoms with van der Waals surface area (Å²) in [5, 5.41) is 9.96. The van der Waals surface area contributed by atoms with E-state index < -0.39 is 27.9 Å². The summed E-state index contributed by atoms with van der Waals surface area (Å²) in [7, 11) is -3.52. The number of amides is 1. The molecule has 0 aromatic rings. The number of β-amino-alcohol motifs (C(OH)–C–C–N with tert-alkyl or cyclic N) is 1. The third-order valence-electron chi connectivity index (χ3n) is 2.87. The van der Waals surface area contributed by atoms with Crippen LogP contribution in [0.15, 0.2) is 0 Å². The summed E-state index contributed by atoms with van der Waals surface area (Å²) < 4.78 is 31.8. The van der Waals surface area contributed by atoms with Crippen molar-refractivity contribution in [2.75, 3.05) is 26.0 Å². The zero-order chi connectivity index (χ0) is 15.6. The molecular formula is C12H23NO6S. The Kier molecular flexibility index (Phi) is 5.39. The van der Waals surface area contributed by atoms with Crippen LogP contribution in [-0.2, 0) is 19.0 Å². The van der Waals surface area contributed by atoms with Gasteiger partial charge < -0.3 is 14.7 Å². The zero-order valence-corrected chi connectivity index (χ0v) is 13.1. The van der Waals surface area contributed by atoms with Crippen molar-refractivity contribution in [2.24, 2.45) is 5.92 Å². The van der Waals surface area contributed by atoms with Gasteiger partial charge in [-0.2, -0.15) is 8.42 Å². The van der Waals surface area contributed by atoms with Crippen molar-refractivity contribution in [3.05, 3.63) is 0 Å². The van der Waals surface area contributed by atoms with E-state index in [1.165, 1.54) is 4.90 Å². The number of carbonyl (C=O) groups excluding carboxylic acids is 1. The molecule has 8 heteroatoms. The van der Waals surface area contributed by atoms with Gasteiger partial charge in [-0.15, -0.1) is 0 Å². The van der Waals surface area contributed by atoms with Crippen molar-refractivity contribution >= 4 is 16.2 Å². The predicted molar refractivity (Wildman–Crippen MR) is 72.7 cm³/mol. The van der Waals surface area contributed by atoms with Crippen molar-refractivity contribution in [1.82, 2.24) is 4.90 Å². The van der Waals surface area contributed by atoms with Gasteiger partial charge in [-0.25, -0.2) is 4.79 Å². The average molecular weight is 309 g/mol. The quantitative estimate of drug-likeness (QED) is 0.767. The van der Waals surface area contributed by atoms with Gasteiger partial charge in [0.15, 0.2) is 0 Å². The van der Waals surface area contributed by atoms with Gasteiger partial charge in [0.1, 0.15) is 5.60 Å². The van der Waals surface area contributed by atoms with Gasteiger partial charge in [0.2, 0.25) is 0 Å². The largest absolute Gasteiger partial charge is 0.444 e. The fourth-order valence-electron chi connectivity index (χ4n) is 1.88. The molecule has 20 heavy (non-hydrogen) atoms. The van der Waals surface area contributed by atoms with E-state index in [4.69, 9.17) is 8.92 Å². The summed E-state index contributed by atoms with van der Waals surface area (Å²) >= 11 is 0. The van der Waals surface area contributed by atoms with Crippen LogP contribution in [0, 0.1) is 5.92 Å². The summed E-state index contributed by atoms with van der Waals surface area (Å²) in [4.78, 5) is 13.3. The summed E-state index contributed by atoms with van der Waals surface area (Å²) in [6.07, 6.45) is 0.141. The lowest BCUT2D eigenvalue weighted by molar-refractivity contribution is -0.0205. The molecule has 0 aromatic carbocycles. The Morgan fingerprint density at radius 1 is 1.40 bits per heavy atom. The Hall–Kier alpha value is -0.860. The summed E-state index contributed by atoms with van der Waals surface area (Å²) in [6, 6.07) is 0. The fourth-order valence-corrected chi connectivity index (χ4v) is 2.30. The minimum atomic E-state index is -3.52. The van der Waals surface area contributed by atoms with Crippen LogP contribution < -0.4 is 0 Å². The first-order valence-corrected chi connectivity index (χ1v) is 8.30. The molecular weight excluding hydrogens is 286 g/mol. The molecule has 0 aliphatic carbocycles. The lowest BCUT2D eigenvalue weighted by Crippen LogP contribution is -2.49. The topological polar surface area (TPSA) is 93.1 Å². The van der Waals surface area contributed by atoms with E-state index in [1.807, 2.05) is 0 Å². The predicted octanol–water partition coefficient (Wildman–Crippen LogP) is 0.580. The van der Waals surface area contributed by atoms with Gasteiger partial charge in [-0.1, -0.05) is 0 Å². The zero-order valence-electron chi connectivity index (χ0n) is 12.3. The molecule has 1 heterocycles. The minimum Gasteiger partial charge on any atom is -0.444 e. The molecule has 1 fully saturated rings. The van der Waals surface area contributed by atoms with Crippen LogP contribution in [0.5, 0.6) is 0 Å². The first kappa shape index (κ1) is 17.2. The Balaban J connectivity index is 2.49. The number of likely N-dealkylation sites (tertiary alicyclic amines) is 1. The molecule has 0 bridgehead atoms. The van der Waals surface area contributed by atoms with E-state index in [1.54, 1.807) is 20.8 Å². The van der Waals surface area contributed by atoms with Crippen LogP contribution in [0.25, 0.3) is 0 Å². The molecule has 7 nitrogen and oxygen atoms in total. The number of carbonyl (C=O) groups is 1. The van der Waals surface area contributed by atoms with Crippen LogP contribution in [0.2, 0.25) is 0 Å². The highest BCUT2D eigenvalue weighted by atomic mass is 32.2. The van der Waals surface area contributed by atoms with E-state index in [0.29, 0.717) is 13.0 Å². The molecule has 0 saturated carbocycles. The number of nitrogens with zero attached hydrogens (tertiary/aromatic N) is 1. The smallest absolute Gasteiger partial charge is 0.410 e. The fraction of sp³-hybridized carbons (Fsp3) is 0.917. The maximum atomic E-state index is 11.8. The maximum Gasteiger partial charge on any atom is 0.410 e. The lowest BCUT2D eigenvalue weighted by Gasteiger charge is -2.36. The van der Waals surface area contributed by atoms with E-state index in [-0.39, 0.29) is 19.1 Å².